The molecule has 0 saturated carbocycles. The molecule has 2 aliphatic rings. The van der Waals surface area contributed by atoms with Crippen molar-refractivity contribution in [2.24, 2.45) is 0 Å². The molecule has 14 rings (SSSR count). The van der Waals surface area contributed by atoms with E-state index in [1.165, 1.54) is 88.3 Å². The van der Waals surface area contributed by atoms with Crippen LogP contribution >= 0.6 is 0 Å². The average molecular weight is 903 g/mol. The van der Waals surface area contributed by atoms with Crippen molar-refractivity contribution >= 4 is 55.7 Å². The van der Waals surface area contributed by atoms with E-state index in [9.17, 15) is 0 Å². The van der Waals surface area contributed by atoms with Crippen LogP contribution in [0.3, 0.4) is 0 Å². The molecule has 0 saturated heterocycles. The van der Waals surface area contributed by atoms with Crippen LogP contribution in [-0.4, -0.2) is 0 Å². The quantitative estimate of drug-likeness (QED) is 0.150. The number of nitrogens with zero attached hydrogens (tertiary/aromatic N) is 2. The van der Waals surface area contributed by atoms with Crippen LogP contribution in [0.15, 0.2) is 279 Å². The Kier molecular flexibility index (Phi) is 9.47. The Bertz CT molecular complexity index is 3850. The predicted molar refractivity (Wildman–Crippen MR) is 298 cm³/mol. The maximum atomic E-state index is 2.51. The van der Waals surface area contributed by atoms with E-state index in [-0.39, 0.29) is 0 Å². The summed E-state index contributed by atoms with van der Waals surface area (Å²) in [5.74, 6) is 0. The second-order valence-corrected chi connectivity index (χ2v) is 18.8. The SMILES string of the molecule is c1ccc(-c2ccc(N(c3ccc(-c4ccccc4)cc3)c3ccc4c(c3)C3(c5ccccc5-c5ccccc53)c3cc(N(c5ccc6ccccc6c5)c5cccc6ccccc56)ccc3-4)cc2)cc1. The van der Waals surface area contributed by atoms with Gasteiger partial charge in [-0.2, -0.15) is 0 Å². The highest BCUT2D eigenvalue weighted by atomic mass is 15.1. The monoisotopic (exact) mass is 902 g/mol. The van der Waals surface area contributed by atoms with Gasteiger partial charge in [0.1, 0.15) is 0 Å². The van der Waals surface area contributed by atoms with Crippen molar-refractivity contribution in [3.8, 4) is 44.5 Å². The van der Waals surface area contributed by atoms with Crippen LogP contribution in [0.4, 0.5) is 34.1 Å². The highest BCUT2D eigenvalue weighted by molar-refractivity contribution is 6.02. The molecule has 0 fully saturated rings. The molecule has 0 unspecified atom stereocenters. The summed E-state index contributed by atoms with van der Waals surface area (Å²) in [4.78, 5) is 4.91. The van der Waals surface area contributed by atoms with E-state index in [4.69, 9.17) is 0 Å². The van der Waals surface area contributed by atoms with Gasteiger partial charge in [0.25, 0.3) is 0 Å². The molecular formula is C69H46N2. The Morgan fingerprint density at radius 2 is 0.634 bits per heavy atom. The van der Waals surface area contributed by atoms with Crippen LogP contribution in [0.1, 0.15) is 22.3 Å². The molecule has 0 radical (unpaired) electrons. The maximum absolute atomic E-state index is 2.51. The minimum Gasteiger partial charge on any atom is -0.310 e. The Labute approximate surface area is 414 Å². The molecule has 1 spiro atoms. The molecule has 2 nitrogen and oxygen atoms in total. The van der Waals surface area contributed by atoms with Gasteiger partial charge < -0.3 is 9.80 Å². The fourth-order valence-corrected chi connectivity index (χ4v) is 11.9. The first-order valence-electron chi connectivity index (χ1n) is 24.6. The summed E-state index contributed by atoms with van der Waals surface area (Å²) in [6.45, 7) is 0. The first-order valence-corrected chi connectivity index (χ1v) is 24.6. The summed E-state index contributed by atoms with van der Waals surface area (Å²) < 4.78 is 0. The topological polar surface area (TPSA) is 6.48 Å². The van der Waals surface area contributed by atoms with Crippen molar-refractivity contribution in [3.63, 3.8) is 0 Å². The van der Waals surface area contributed by atoms with Gasteiger partial charge in [0, 0.05) is 33.8 Å². The maximum Gasteiger partial charge on any atom is 0.0727 e. The first kappa shape index (κ1) is 40.8. The van der Waals surface area contributed by atoms with E-state index in [0.29, 0.717) is 0 Å². The van der Waals surface area contributed by atoms with Gasteiger partial charge in [0.15, 0.2) is 0 Å². The van der Waals surface area contributed by atoms with Crippen molar-refractivity contribution in [3.05, 3.63) is 301 Å². The normalized spacial score (nSPS) is 12.6. The third-order valence-electron chi connectivity index (χ3n) is 15.0. The second kappa shape index (κ2) is 16.5. The van der Waals surface area contributed by atoms with Crippen molar-refractivity contribution in [2.75, 3.05) is 9.80 Å². The summed E-state index contributed by atoms with van der Waals surface area (Å²) in [7, 11) is 0. The summed E-state index contributed by atoms with van der Waals surface area (Å²) in [5.41, 5.74) is 21.1. The van der Waals surface area contributed by atoms with Crippen LogP contribution in [0.2, 0.25) is 0 Å². The molecule has 0 atom stereocenters. The zero-order valence-corrected chi connectivity index (χ0v) is 39.0. The number of hydrogen-bond acceptors (Lipinski definition) is 2. The molecule has 0 aromatic heterocycles. The molecule has 12 aromatic carbocycles. The molecule has 2 aliphatic carbocycles. The third-order valence-corrected chi connectivity index (χ3v) is 15.0. The van der Waals surface area contributed by atoms with Gasteiger partial charge in [0.2, 0.25) is 0 Å². The molecule has 0 N–H and O–H groups in total. The Hall–Kier alpha value is -9.24. The van der Waals surface area contributed by atoms with Gasteiger partial charge >= 0.3 is 0 Å². The minimum absolute atomic E-state index is 0.600. The van der Waals surface area contributed by atoms with Crippen molar-refractivity contribution in [1.82, 2.24) is 0 Å². The predicted octanol–water partition coefficient (Wildman–Crippen LogP) is 18.6. The molecule has 0 heterocycles. The summed E-state index contributed by atoms with van der Waals surface area (Å²) in [6.07, 6.45) is 0. The largest absolute Gasteiger partial charge is 0.310 e. The second-order valence-electron chi connectivity index (χ2n) is 18.8. The molecule has 0 bridgehead atoms. The fourth-order valence-electron chi connectivity index (χ4n) is 11.9. The smallest absolute Gasteiger partial charge is 0.0727 e. The van der Waals surface area contributed by atoms with E-state index in [1.807, 2.05) is 0 Å². The van der Waals surface area contributed by atoms with Crippen LogP contribution in [0.25, 0.3) is 66.1 Å². The Balaban J connectivity index is 0.995. The fraction of sp³-hybridized carbons (Fsp3) is 0.0145. The molecule has 0 aliphatic heterocycles. The Morgan fingerprint density at radius 3 is 1.23 bits per heavy atom. The van der Waals surface area contributed by atoms with Crippen LogP contribution in [-0.2, 0) is 5.41 Å². The van der Waals surface area contributed by atoms with Crippen LogP contribution in [0.5, 0.6) is 0 Å². The van der Waals surface area contributed by atoms with Crippen molar-refractivity contribution in [2.45, 2.75) is 5.41 Å². The molecular weight excluding hydrogens is 857 g/mol. The number of fused-ring (bicyclic) bond motifs is 12. The lowest BCUT2D eigenvalue weighted by Crippen LogP contribution is -2.26. The standard InChI is InChI=1S/C69H46N2/c1-3-16-47(17-4-1)50-30-35-54(36-31-50)70(55-37-32-51(33-38-55)48-18-5-2-6-19-48)57-40-42-62-63-43-41-58(46-67(63)69(66(62)45-57)64-27-13-11-25-60(64)61-26-12-14-28-65(61)69)71(56-39-34-49-20-7-8-22-53(49)44-56)68-29-15-23-52-21-9-10-24-59(52)68/h1-46H. The molecule has 12 aromatic rings. The Morgan fingerprint density at radius 1 is 0.225 bits per heavy atom. The van der Waals surface area contributed by atoms with Crippen molar-refractivity contribution in [1.29, 1.82) is 0 Å². The molecule has 2 heteroatoms. The first-order chi connectivity index (χ1) is 35.2. The van der Waals surface area contributed by atoms with Gasteiger partial charge in [-0.25, -0.2) is 0 Å². The molecule has 0 amide bonds. The third kappa shape index (κ3) is 6.49. The van der Waals surface area contributed by atoms with E-state index < -0.39 is 5.41 Å². The number of benzene rings is 12. The van der Waals surface area contributed by atoms with E-state index >= 15 is 0 Å². The van der Waals surface area contributed by atoms with Gasteiger partial charge in [-0.3, -0.25) is 0 Å². The highest BCUT2D eigenvalue weighted by Crippen LogP contribution is 2.64. The zero-order chi connectivity index (χ0) is 46.9. The highest BCUT2D eigenvalue weighted by Gasteiger charge is 2.52. The van der Waals surface area contributed by atoms with Gasteiger partial charge in [0.05, 0.1) is 11.1 Å². The van der Waals surface area contributed by atoms with Gasteiger partial charge in [-0.1, -0.05) is 212 Å². The van der Waals surface area contributed by atoms with Crippen LogP contribution < -0.4 is 9.80 Å². The summed E-state index contributed by atoms with van der Waals surface area (Å²) in [5, 5.41) is 4.85. The van der Waals surface area contributed by atoms with Crippen LogP contribution in [0, 0.1) is 0 Å². The molecule has 332 valence electrons. The minimum atomic E-state index is -0.600. The summed E-state index contributed by atoms with van der Waals surface area (Å²) in [6, 6.07) is 103. The lowest BCUT2D eigenvalue weighted by atomic mass is 9.70. The van der Waals surface area contributed by atoms with Crippen molar-refractivity contribution < 1.29 is 0 Å². The lowest BCUT2D eigenvalue weighted by Gasteiger charge is -2.33. The average Bonchev–Trinajstić information content (AvgIpc) is 3.91. The number of rotatable bonds is 8. The lowest BCUT2D eigenvalue weighted by molar-refractivity contribution is 0.793. The van der Waals surface area contributed by atoms with E-state index in [0.717, 1.165) is 34.1 Å². The summed E-state index contributed by atoms with van der Waals surface area (Å²) >= 11 is 0. The number of anilines is 6. The van der Waals surface area contributed by atoms with Gasteiger partial charge in [-0.15, -0.1) is 0 Å². The zero-order valence-electron chi connectivity index (χ0n) is 39.0. The van der Waals surface area contributed by atoms with E-state index in [1.54, 1.807) is 0 Å². The van der Waals surface area contributed by atoms with Gasteiger partial charge in [-0.05, 0) is 150 Å². The number of hydrogen-bond donors (Lipinski definition) is 0. The van der Waals surface area contributed by atoms with E-state index in [2.05, 4.69) is 289 Å². The molecule has 71 heavy (non-hydrogen) atoms.